The number of alkyl halides is 1. The van der Waals surface area contributed by atoms with Crippen molar-refractivity contribution >= 4 is 6.09 Å². The first-order chi connectivity index (χ1) is 6.45. The third-order valence-electron chi connectivity index (χ3n) is 1.04. The number of hydrogen-bond donors (Lipinski definition) is 2. The van der Waals surface area contributed by atoms with Crippen molar-refractivity contribution in [3.63, 3.8) is 0 Å². The number of ether oxygens (including phenoxy) is 1. The number of nitrogens with two attached hydrogens (primary N) is 1. The predicted octanol–water partition coefficient (Wildman–Crippen LogP) is -2.20. The van der Waals surface area contributed by atoms with Crippen molar-refractivity contribution in [2.75, 3.05) is 11.0 Å². The van der Waals surface area contributed by atoms with Crippen molar-refractivity contribution in [1.82, 2.24) is 5.48 Å². The van der Waals surface area contributed by atoms with Crippen LogP contribution in [0.3, 0.4) is 0 Å². The maximum atomic E-state index is 11.0. The van der Waals surface area contributed by atoms with Crippen LogP contribution in [-0.2, 0) is 9.57 Å². The molecule has 6 heteroatoms. The Bertz CT molecular complexity index is 170. The second-order valence-electron chi connectivity index (χ2n) is 3.65. The molecule has 0 radical (unpaired) electrons. The van der Waals surface area contributed by atoms with Gasteiger partial charge in [-0.2, -0.15) is 0 Å². The first-order valence-electron chi connectivity index (χ1n) is 4.34. The van der Waals surface area contributed by atoms with Gasteiger partial charge in [-0.25, -0.2) is 0 Å². The normalized spacial score (nSPS) is 11.4. The van der Waals surface area contributed by atoms with E-state index < -0.39 is 11.7 Å². The number of carbonyl (C=O) groups excluding carboxylic acids is 1. The second-order valence-corrected chi connectivity index (χ2v) is 5.61. The molecule has 0 aliphatic carbocycles. The first kappa shape index (κ1) is 13.9. The molecule has 0 aliphatic heterocycles. The maximum absolute atomic E-state index is 11.0. The fourth-order valence-corrected chi connectivity index (χ4v) is 1.36. The SMILES string of the molecule is CC(C)(C)OC(=O)NOCCC[I-]N. The molecule has 0 aliphatic rings. The Morgan fingerprint density at radius 3 is 2.64 bits per heavy atom. The van der Waals surface area contributed by atoms with Crippen LogP contribution in [0.15, 0.2) is 0 Å². The summed E-state index contributed by atoms with van der Waals surface area (Å²) in [7, 11) is 0. The van der Waals surface area contributed by atoms with Gasteiger partial charge in [0.15, 0.2) is 0 Å². The van der Waals surface area contributed by atoms with Crippen molar-refractivity contribution in [3.05, 3.63) is 0 Å². The number of amides is 1. The molecule has 86 valence electrons. The van der Waals surface area contributed by atoms with Crippen LogP contribution in [0.1, 0.15) is 27.2 Å². The molecule has 0 spiro atoms. The van der Waals surface area contributed by atoms with Crippen molar-refractivity contribution in [2.24, 2.45) is 3.95 Å². The predicted molar refractivity (Wildman–Crippen MR) is 49.0 cm³/mol. The molecule has 0 rings (SSSR count). The van der Waals surface area contributed by atoms with E-state index in [1.165, 1.54) is 0 Å². The zero-order valence-corrected chi connectivity index (χ0v) is 11.0. The molecular formula is C8H18IN2O3-. The van der Waals surface area contributed by atoms with Crippen molar-refractivity contribution in [3.8, 4) is 0 Å². The van der Waals surface area contributed by atoms with Crippen LogP contribution < -0.4 is 30.9 Å². The fourth-order valence-electron chi connectivity index (χ4n) is 0.613. The van der Waals surface area contributed by atoms with Crippen LogP contribution in [0.4, 0.5) is 4.79 Å². The summed E-state index contributed by atoms with van der Waals surface area (Å²) in [5.41, 5.74) is 1.72. The molecule has 0 aromatic heterocycles. The molecule has 1 amide bonds. The van der Waals surface area contributed by atoms with Gasteiger partial charge in [0.1, 0.15) is 0 Å². The van der Waals surface area contributed by atoms with E-state index in [0.29, 0.717) is 6.61 Å². The third-order valence-corrected chi connectivity index (χ3v) is 2.43. The van der Waals surface area contributed by atoms with Crippen LogP contribution in [0, 0.1) is 0 Å². The Morgan fingerprint density at radius 2 is 2.14 bits per heavy atom. The molecule has 14 heavy (non-hydrogen) atoms. The second kappa shape index (κ2) is 7.24. The molecule has 0 saturated heterocycles. The molecule has 0 fully saturated rings. The van der Waals surface area contributed by atoms with E-state index in [2.05, 4.69) is 5.48 Å². The van der Waals surface area contributed by atoms with Crippen molar-refractivity contribution in [2.45, 2.75) is 32.8 Å². The van der Waals surface area contributed by atoms with Crippen LogP contribution in [-0.4, -0.2) is 22.7 Å². The molecule has 0 aromatic rings. The number of hydroxylamine groups is 1. The average Bonchev–Trinajstić information content (AvgIpc) is 2.00. The van der Waals surface area contributed by atoms with Crippen LogP contribution >= 0.6 is 0 Å². The Kier molecular flexibility index (Phi) is 7.20. The average molecular weight is 317 g/mol. The summed E-state index contributed by atoms with van der Waals surface area (Å²) in [4.78, 5) is 15.9. The summed E-state index contributed by atoms with van der Waals surface area (Å²) in [6.07, 6.45) is 0.319. The van der Waals surface area contributed by atoms with Gasteiger partial charge in [-0.3, -0.25) is 0 Å². The molecular weight excluding hydrogens is 299 g/mol. The van der Waals surface area contributed by atoms with Crippen LogP contribution in [0.25, 0.3) is 0 Å². The molecule has 0 aromatic carbocycles. The quantitative estimate of drug-likeness (QED) is 0.198. The fraction of sp³-hybridized carbons (Fsp3) is 0.875. The summed E-state index contributed by atoms with van der Waals surface area (Å²) in [6, 6.07) is 0. The molecule has 0 heterocycles. The number of nitrogens with one attached hydrogen (secondary N) is 1. The van der Waals surface area contributed by atoms with Crippen LogP contribution in [0.5, 0.6) is 0 Å². The van der Waals surface area contributed by atoms with E-state index in [4.69, 9.17) is 13.5 Å². The molecule has 3 N–H and O–H groups in total. The number of carbonyl (C=O) groups is 1. The van der Waals surface area contributed by atoms with Crippen molar-refractivity contribution < 1.29 is 35.8 Å². The van der Waals surface area contributed by atoms with Gasteiger partial charge in [0, 0.05) is 0 Å². The van der Waals surface area contributed by atoms with E-state index >= 15 is 0 Å². The molecule has 0 unspecified atom stereocenters. The van der Waals surface area contributed by atoms with Gasteiger partial charge in [0.05, 0.1) is 0 Å². The number of halogens is 1. The van der Waals surface area contributed by atoms with E-state index in [0.717, 1.165) is 10.8 Å². The van der Waals surface area contributed by atoms with E-state index in [1.54, 1.807) is 20.8 Å². The Hall–Kier alpha value is -0.0800. The Balaban J connectivity index is 3.36. The van der Waals surface area contributed by atoms with Gasteiger partial charge in [0.2, 0.25) is 0 Å². The van der Waals surface area contributed by atoms with Gasteiger partial charge in [-0.1, -0.05) is 0 Å². The van der Waals surface area contributed by atoms with Crippen LogP contribution in [0.2, 0.25) is 0 Å². The zero-order chi connectivity index (χ0) is 11.0. The summed E-state index contributed by atoms with van der Waals surface area (Å²) in [6.45, 7) is 5.87. The third kappa shape index (κ3) is 10.0. The molecule has 0 saturated carbocycles. The summed E-state index contributed by atoms with van der Waals surface area (Å²) in [5, 5.41) is 0. The number of hydrogen-bond acceptors (Lipinski definition) is 4. The summed E-state index contributed by atoms with van der Waals surface area (Å²) >= 11 is -0.173. The zero-order valence-electron chi connectivity index (χ0n) is 8.80. The summed E-state index contributed by atoms with van der Waals surface area (Å²) in [5.74, 6) is 0. The molecule has 0 bridgehead atoms. The Labute approximate surface area is 95.3 Å². The van der Waals surface area contributed by atoms with E-state index in [9.17, 15) is 4.79 Å². The monoisotopic (exact) mass is 317 g/mol. The Morgan fingerprint density at radius 1 is 1.50 bits per heavy atom. The summed E-state index contributed by atoms with van der Waals surface area (Å²) < 4.78 is 11.3. The molecule has 5 nitrogen and oxygen atoms in total. The topological polar surface area (TPSA) is 73.6 Å². The van der Waals surface area contributed by atoms with Gasteiger partial charge in [-0.15, -0.1) is 0 Å². The minimum absolute atomic E-state index is 0.173. The minimum atomic E-state index is -0.556. The standard InChI is InChI=1S/C8H18IN2O3/c1-8(2,3)14-7(12)11-13-6-4-5-9-10/h4-6,10H2,1-3H3,(H,11,12)/q-1. The molecule has 0 atom stereocenters. The van der Waals surface area contributed by atoms with Crippen molar-refractivity contribution in [1.29, 1.82) is 0 Å². The van der Waals surface area contributed by atoms with Gasteiger partial charge in [-0.05, 0) is 0 Å². The van der Waals surface area contributed by atoms with E-state index in [1.807, 2.05) is 0 Å². The van der Waals surface area contributed by atoms with Gasteiger partial charge < -0.3 is 0 Å². The van der Waals surface area contributed by atoms with E-state index in [-0.39, 0.29) is 21.5 Å². The number of rotatable bonds is 5. The first-order valence-corrected chi connectivity index (χ1v) is 7.11. The van der Waals surface area contributed by atoms with Gasteiger partial charge >= 0.3 is 95.2 Å². The van der Waals surface area contributed by atoms with Gasteiger partial charge in [0.25, 0.3) is 0 Å².